The Balaban J connectivity index is 1.75. The molecule has 0 aliphatic carbocycles. The van der Waals surface area contributed by atoms with Crippen molar-refractivity contribution in [3.8, 4) is 0 Å². The lowest BCUT2D eigenvalue weighted by Crippen LogP contribution is -2.42. The molecule has 12 heteroatoms. The first-order valence-corrected chi connectivity index (χ1v) is 10.1. The molecule has 4 nitrogen and oxygen atoms in total. The number of halogens is 7. The second kappa shape index (κ2) is 7.58. The highest BCUT2D eigenvalue weighted by Crippen LogP contribution is 2.51. The number of oxime groups is 1. The molecule has 0 aromatic heterocycles. The molecule has 1 N–H and O–H groups in total. The second-order valence-electron chi connectivity index (χ2n) is 8.07. The third-order valence-corrected chi connectivity index (χ3v) is 6.28. The topological polar surface area (TPSA) is 51.0 Å². The van der Waals surface area contributed by atoms with Crippen LogP contribution in [-0.2, 0) is 20.7 Å². The van der Waals surface area contributed by atoms with Crippen LogP contribution < -0.4 is 5.46 Å². The predicted molar refractivity (Wildman–Crippen MR) is 110 cm³/mol. The predicted octanol–water partition coefficient (Wildman–Crippen LogP) is 5.47. The van der Waals surface area contributed by atoms with Crippen molar-refractivity contribution in [2.45, 2.75) is 44.1 Å². The Morgan fingerprint density at radius 2 is 1.75 bits per heavy atom. The molecule has 0 radical (unpaired) electrons. The van der Waals surface area contributed by atoms with Gasteiger partial charge in [0.05, 0.1) is 26.9 Å². The second-order valence-corrected chi connectivity index (χ2v) is 8.88. The Hall–Kier alpha value is -1.88. The third-order valence-electron chi connectivity index (χ3n) is 5.66. The van der Waals surface area contributed by atoms with Crippen molar-refractivity contribution >= 4 is 41.5 Å². The maximum Gasteiger partial charge on any atom is 0.492 e. The Morgan fingerprint density at radius 3 is 2.31 bits per heavy atom. The number of benzene rings is 2. The molecule has 1 unspecified atom stereocenters. The van der Waals surface area contributed by atoms with Gasteiger partial charge in [0.25, 0.3) is 12.0 Å². The highest BCUT2D eigenvalue weighted by atomic mass is 35.5. The first-order chi connectivity index (χ1) is 14.8. The van der Waals surface area contributed by atoms with Gasteiger partial charge in [0.2, 0.25) is 0 Å². The summed E-state index contributed by atoms with van der Waals surface area (Å²) in [5, 5.41) is 12.5. The van der Waals surface area contributed by atoms with Crippen molar-refractivity contribution in [3.05, 3.63) is 62.6 Å². The van der Waals surface area contributed by atoms with Gasteiger partial charge >= 0.3 is 13.3 Å². The van der Waals surface area contributed by atoms with Gasteiger partial charge in [-0.1, -0.05) is 40.5 Å². The lowest BCUT2D eigenvalue weighted by Gasteiger charge is -2.30. The molecule has 0 saturated carbocycles. The van der Waals surface area contributed by atoms with E-state index in [0.717, 1.165) is 12.1 Å². The average molecular weight is 494 g/mol. The molecule has 2 aliphatic heterocycles. The van der Waals surface area contributed by atoms with E-state index < -0.39 is 58.5 Å². The number of alkyl halides is 5. The van der Waals surface area contributed by atoms with Gasteiger partial charge in [-0.3, -0.25) is 0 Å². The molecular formula is C20H15BCl2F5NO3. The highest BCUT2D eigenvalue weighted by Gasteiger charge is 2.62. The molecule has 4 rings (SSSR count). The van der Waals surface area contributed by atoms with Gasteiger partial charge in [-0.05, 0) is 48.6 Å². The summed E-state index contributed by atoms with van der Waals surface area (Å²) in [7, 11) is -1.15. The SMILES string of the molecule is CC1(C)OB(O)c2ccc(C3=NOC(c4cc(Cl)c(C(F)F)c(Cl)c4)(C(F)(F)F)C3)cc21. The van der Waals surface area contributed by atoms with Gasteiger partial charge < -0.3 is 14.5 Å². The van der Waals surface area contributed by atoms with Crippen LogP contribution in [0.3, 0.4) is 0 Å². The molecule has 0 fully saturated rings. The fourth-order valence-corrected chi connectivity index (χ4v) is 4.62. The van der Waals surface area contributed by atoms with Crippen molar-refractivity contribution in [3.63, 3.8) is 0 Å². The zero-order chi connectivity index (χ0) is 23.6. The summed E-state index contributed by atoms with van der Waals surface area (Å²) < 4.78 is 74.4. The molecule has 2 heterocycles. The maximum absolute atomic E-state index is 14.2. The summed E-state index contributed by atoms with van der Waals surface area (Å²) in [6.07, 6.45) is -8.76. The molecule has 170 valence electrons. The number of hydrogen-bond acceptors (Lipinski definition) is 4. The molecule has 0 spiro atoms. The number of hydrogen-bond donors (Lipinski definition) is 1. The van der Waals surface area contributed by atoms with E-state index in [2.05, 4.69) is 5.16 Å². The van der Waals surface area contributed by atoms with Crippen molar-refractivity contribution in [2.75, 3.05) is 0 Å². The molecule has 1 atom stereocenters. The zero-order valence-electron chi connectivity index (χ0n) is 16.6. The maximum atomic E-state index is 14.2. The smallest absolute Gasteiger partial charge is 0.423 e. The Kier molecular flexibility index (Phi) is 5.52. The van der Waals surface area contributed by atoms with E-state index in [1.54, 1.807) is 26.0 Å². The van der Waals surface area contributed by atoms with Crippen LogP contribution in [0.4, 0.5) is 22.0 Å². The van der Waals surface area contributed by atoms with E-state index >= 15 is 0 Å². The van der Waals surface area contributed by atoms with Crippen molar-refractivity contribution in [1.29, 1.82) is 0 Å². The van der Waals surface area contributed by atoms with E-state index in [4.69, 9.17) is 32.7 Å². The first kappa shape index (κ1) is 23.3. The van der Waals surface area contributed by atoms with Crippen LogP contribution in [0, 0.1) is 0 Å². The van der Waals surface area contributed by atoms with Crippen LogP contribution in [0.5, 0.6) is 0 Å². The van der Waals surface area contributed by atoms with Gasteiger partial charge in [-0.2, -0.15) is 13.2 Å². The average Bonchev–Trinajstić information content (AvgIpc) is 3.21. The molecule has 0 amide bonds. The normalized spacial score (nSPS) is 22.2. The van der Waals surface area contributed by atoms with E-state index in [0.29, 0.717) is 16.6 Å². The van der Waals surface area contributed by atoms with Gasteiger partial charge in [-0.15, -0.1) is 0 Å². The molecule has 2 aromatic carbocycles. The summed E-state index contributed by atoms with van der Waals surface area (Å²) in [5.74, 6) is 0. The lowest BCUT2D eigenvalue weighted by molar-refractivity contribution is -0.275. The van der Waals surface area contributed by atoms with Gasteiger partial charge in [0, 0.05) is 12.0 Å². The van der Waals surface area contributed by atoms with Crippen LogP contribution in [0.2, 0.25) is 10.0 Å². The van der Waals surface area contributed by atoms with Gasteiger partial charge in [0.1, 0.15) is 0 Å². The minimum atomic E-state index is -4.97. The molecule has 0 saturated heterocycles. The molecule has 2 aliphatic rings. The van der Waals surface area contributed by atoms with Crippen LogP contribution in [-0.4, -0.2) is 24.0 Å². The number of nitrogens with zero attached hydrogens (tertiary/aromatic N) is 1. The van der Waals surface area contributed by atoms with Crippen LogP contribution >= 0.6 is 23.2 Å². The number of rotatable bonds is 3. The van der Waals surface area contributed by atoms with Gasteiger partial charge in [-0.25, -0.2) is 8.78 Å². The first-order valence-electron chi connectivity index (χ1n) is 9.37. The zero-order valence-corrected chi connectivity index (χ0v) is 18.1. The van der Waals surface area contributed by atoms with Crippen molar-refractivity contribution < 1.29 is 36.5 Å². The highest BCUT2D eigenvalue weighted by molar-refractivity contribution is 6.62. The standard InChI is InChI=1S/C20H15BCl2F5NO3/c1-18(2)11-5-9(3-4-12(11)21(30)31-18)15-8-19(32-29-15,20(26,27)28)10-6-13(22)16(17(24)25)14(23)7-10/h3-7,17,30H,8H2,1-2H3. The van der Waals surface area contributed by atoms with Crippen LogP contribution in [0.15, 0.2) is 35.5 Å². The molecule has 32 heavy (non-hydrogen) atoms. The Labute approximate surface area is 190 Å². The minimum Gasteiger partial charge on any atom is -0.423 e. The number of fused-ring (bicyclic) bond motifs is 1. The van der Waals surface area contributed by atoms with E-state index in [1.807, 2.05) is 0 Å². The lowest BCUT2D eigenvalue weighted by atomic mass is 9.77. The van der Waals surface area contributed by atoms with Crippen molar-refractivity contribution in [1.82, 2.24) is 0 Å². The minimum absolute atomic E-state index is 0.0208. The van der Waals surface area contributed by atoms with Crippen LogP contribution in [0.1, 0.15) is 48.9 Å². The monoisotopic (exact) mass is 493 g/mol. The third kappa shape index (κ3) is 3.57. The van der Waals surface area contributed by atoms with E-state index in [9.17, 15) is 27.0 Å². The fourth-order valence-electron chi connectivity index (χ4n) is 3.96. The van der Waals surface area contributed by atoms with Gasteiger partial charge in [0.15, 0.2) is 0 Å². The van der Waals surface area contributed by atoms with E-state index in [1.165, 1.54) is 6.07 Å². The summed E-state index contributed by atoms with van der Waals surface area (Å²) >= 11 is 11.6. The quantitative estimate of drug-likeness (QED) is 0.456. The summed E-state index contributed by atoms with van der Waals surface area (Å²) in [4.78, 5) is 4.94. The Morgan fingerprint density at radius 1 is 1.12 bits per heavy atom. The molecule has 0 bridgehead atoms. The molecule has 2 aromatic rings. The van der Waals surface area contributed by atoms with Crippen LogP contribution in [0.25, 0.3) is 0 Å². The largest absolute Gasteiger partial charge is 0.492 e. The van der Waals surface area contributed by atoms with E-state index in [-0.39, 0.29) is 5.71 Å². The summed E-state index contributed by atoms with van der Waals surface area (Å²) in [6, 6.07) is 6.18. The fraction of sp³-hybridized carbons (Fsp3) is 0.350. The Bertz CT molecular complexity index is 1100. The molecular weight excluding hydrogens is 479 g/mol. The van der Waals surface area contributed by atoms with Crippen molar-refractivity contribution in [2.24, 2.45) is 5.16 Å². The summed E-state index contributed by atoms with van der Waals surface area (Å²) in [5.41, 5.74) is -3.70. The summed E-state index contributed by atoms with van der Waals surface area (Å²) in [6.45, 7) is 3.43.